The predicted molar refractivity (Wildman–Crippen MR) is 124 cm³/mol. The Morgan fingerprint density at radius 3 is 2.50 bits per heavy atom. The molecule has 0 bridgehead atoms. The summed E-state index contributed by atoms with van der Waals surface area (Å²) >= 11 is 1.21. The standard InChI is InChI=1S/C23H19N5O5S/c1-2-32-23(31)21-17(12-19(34-21)15-8-4-3-5-9-15)25-20(29)13-33-22(30)16-10-6-7-11-18(16)28-14-24-26-27-28/h3-12,14H,2,13H2,1H3,(H,25,29). The Balaban J connectivity index is 1.48. The van der Waals surface area contributed by atoms with Crippen LogP contribution in [0.4, 0.5) is 5.69 Å². The smallest absolute Gasteiger partial charge is 0.350 e. The van der Waals surface area contributed by atoms with E-state index in [1.807, 2.05) is 30.3 Å². The minimum Gasteiger partial charge on any atom is -0.462 e. The van der Waals surface area contributed by atoms with Gasteiger partial charge in [0.1, 0.15) is 11.2 Å². The number of ether oxygens (including phenoxy) is 2. The number of benzene rings is 2. The number of hydrogen-bond donors (Lipinski definition) is 1. The molecule has 1 amide bonds. The van der Waals surface area contributed by atoms with Gasteiger partial charge in [-0.3, -0.25) is 4.79 Å². The fourth-order valence-corrected chi connectivity index (χ4v) is 4.10. The Morgan fingerprint density at radius 2 is 1.76 bits per heavy atom. The second kappa shape index (κ2) is 10.5. The number of hydrogen-bond acceptors (Lipinski definition) is 9. The molecule has 4 rings (SSSR count). The van der Waals surface area contributed by atoms with Crippen molar-refractivity contribution in [3.8, 4) is 16.1 Å². The fraction of sp³-hybridized carbons (Fsp3) is 0.130. The molecule has 11 heteroatoms. The molecule has 10 nitrogen and oxygen atoms in total. The molecule has 4 aromatic rings. The van der Waals surface area contributed by atoms with E-state index in [0.29, 0.717) is 5.69 Å². The van der Waals surface area contributed by atoms with Crippen molar-refractivity contribution in [3.05, 3.63) is 77.4 Å². The maximum absolute atomic E-state index is 12.6. The number of carbonyl (C=O) groups excluding carboxylic acids is 3. The zero-order chi connectivity index (χ0) is 23.9. The van der Waals surface area contributed by atoms with Crippen LogP contribution in [0, 0.1) is 0 Å². The van der Waals surface area contributed by atoms with Crippen molar-refractivity contribution in [2.75, 3.05) is 18.5 Å². The number of esters is 2. The number of aromatic nitrogens is 4. The van der Waals surface area contributed by atoms with Gasteiger partial charge in [0.25, 0.3) is 5.91 Å². The van der Waals surface area contributed by atoms with Crippen molar-refractivity contribution >= 4 is 34.9 Å². The Kier molecular flexibility index (Phi) is 7.04. The van der Waals surface area contributed by atoms with Gasteiger partial charge in [-0.1, -0.05) is 42.5 Å². The van der Waals surface area contributed by atoms with Crippen LogP contribution in [-0.4, -0.2) is 51.3 Å². The molecule has 0 fully saturated rings. The Hall–Kier alpha value is -4.38. The Bertz CT molecular complexity index is 1300. The summed E-state index contributed by atoms with van der Waals surface area (Å²) in [5, 5.41) is 13.5. The van der Waals surface area contributed by atoms with E-state index in [1.54, 1.807) is 37.3 Å². The first-order chi connectivity index (χ1) is 16.6. The molecule has 0 spiro atoms. The quantitative estimate of drug-likeness (QED) is 0.383. The Morgan fingerprint density at radius 1 is 1.00 bits per heavy atom. The SMILES string of the molecule is CCOC(=O)c1sc(-c2ccccc2)cc1NC(=O)COC(=O)c1ccccc1-n1cnnn1. The van der Waals surface area contributed by atoms with Gasteiger partial charge in [0.2, 0.25) is 0 Å². The van der Waals surface area contributed by atoms with Crippen LogP contribution in [0.3, 0.4) is 0 Å². The number of amides is 1. The maximum atomic E-state index is 12.6. The summed E-state index contributed by atoms with van der Waals surface area (Å²) in [7, 11) is 0. The van der Waals surface area contributed by atoms with E-state index in [2.05, 4.69) is 20.8 Å². The summed E-state index contributed by atoms with van der Waals surface area (Å²) in [5.74, 6) is -1.87. The van der Waals surface area contributed by atoms with Crippen LogP contribution in [0.2, 0.25) is 0 Å². The van der Waals surface area contributed by atoms with Crippen molar-refractivity contribution in [1.29, 1.82) is 0 Å². The van der Waals surface area contributed by atoms with E-state index in [0.717, 1.165) is 10.4 Å². The summed E-state index contributed by atoms with van der Waals surface area (Å²) in [6.45, 7) is 1.35. The van der Waals surface area contributed by atoms with Crippen LogP contribution in [0.25, 0.3) is 16.1 Å². The van der Waals surface area contributed by atoms with Crippen molar-refractivity contribution < 1.29 is 23.9 Å². The number of tetrazole rings is 1. The number of para-hydroxylation sites is 1. The second-order valence-corrected chi connectivity index (χ2v) is 7.89. The monoisotopic (exact) mass is 477 g/mol. The third kappa shape index (κ3) is 5.15. The average Bonchev–Trinajstić information content (AvgIpc) is 3.54. The minimum atomic E-state index is -0.720. The van der Waals surface area contributed by atoms with Crippen LogP contribution in [0.1, 0.15) is 27.0 Å². The maximum Gasteiger partial charge on any atom is 0.350 e. The third-order valence-corrected chi connectivity index (χ3v) is 5.74. The van der Waals surface area contributed by atoms with Crippen LogP contribution in [-0.2, 0) is 14.3 Å². The van der Waals surface area contributed by atoms with E-state index >= 15 is 0 Å². The normalized spacial score (nSPS) is 10.5. The Labute approximate surface area is 198 Å². The third-order valence-electron chi connectivity index (χ3n) is 4.58. The number of anilines is 1. The van der Waals surface area contributed by atoms with Crippen molar-refractivity contribution in [2.45, 2.75) is 6.92 Å². The number of thiophene rings is 1. The topological polar surface area (TPSA) is 125 Å². The fourth-order valence-electron chi connectivity index (χ4n) is 3.09. The molecule has 0 aliphatic carbocycles. The van der Waals surface area contributed by atoms with Gasteiger partial charge in [-0.2, -0.15) is 4.68 Å². The molecule has 2 heterocycles. The molecule has 2 aromatic carbocycles. The molecule has 172 valence electrons. The molecule has 0 unspecified atom stereocenters. The molecule has 0 saturated heterocycles. The first kappa shape index (κ1) is 22.8. The molecule has 0 aliphatic heterocycles. The van der Waals surface area contributed by atoms with E-state index in [4.69, 9.17) is 9.47 Å². The summed E-state index contributed by atoms with van der Waals surface area (Å²) in [6.07, 6.45) is 1.34. The van der Waals surface area contributed by atoms with Gasteiger partial charge in [0.05, 0.1) is 23.5 Å². The van der Waals surface area contributed by atoms with Crippen molar-refractivity contribution in [3.63, 3.8) is 0 Å². The van der Waals surface area contributed by atoms with E-state index in [-0.39, 0.29) is 22.7 Å². The van der Waals surface area contributed by atoms with Crippen LogP contribution < -0.4 is 5.32 Å². The highest BCUT2D eigenvalue weighted by molar-refractivity contribution is 7.18. The lowest BCUT2D eigenvalue weighted by molar-refractivity contribution is -0.119. The zero-order valence-corrected chi connectivity index (χ0v) is 18.8. The van der Waals surface area contributed by atoms with Gasteiger partial charge in [-0.25, -0.2) is 9.59 Å². The first-order valence-corrected chi connectivity index (χ1v) is 11.0. The average molecular weight is 478 g/mol. The zero-order valence-electron chi connectivity index (χ0n) is 18.0. The number of nitrogens with zero attached hydrogens (tertiary/aromatic N) is 4. The molecule has 34 heavy (non-hydrogen) atoms. The number of carbonyl (C=O) groups is 3. The lowest BCUT2D eigenvalue weighted by atomic mass is 10.2. The molecule has 0 atom stereocenters. The van der Waals surface area contributed by atoms with Gasteiger partial charge < -0.3 is 14.8 Å². The van der Waals surface area contributed by atoms with Crippen molar-refractivity contribution in [1.82, 2.24) is 20.2 Å². The molecule has 0 aliphatic rings. The minimum absolute atomic E-state index is 0.191. The van der Waals surface area contributed by atoms with Crippen LogP contribution in [0.5, 0.6) is 0 Å². The summed E-state index contributed by atoms with van der Waals surface area (Å²) in [6, 6.07) is 17.7. The highest BCUT2D eigenvalue weighted by Gasteiger charge is 2.21. The van der Waals surface area contributed by atoms with Gasteiger partial charge in [0, 0.05) is 4.88 Å². The van der Waals surface area contributed by atoms with Crippen molar-refractivity contribution in [2.24, 2.45) is 0 Å². The second-order valence-electron chi connectivity index (χ2n) is 6.84. The molecule has 1 N–H and O–H groups in total. The summed E-state index contributed by atoms with van der Waals surface area (Å²) < 4.78 is 11.6. The highest BCUT2D eigenvalue weighted by Crippen LogP contribution is 2.35. The van der Waals surface area contributed by atoms with E-state index in [1.165, 1.54) is 22.3 Å². The molecule has 0 saturated carbocycles. The van der Waals surface area contributed by atoms with Crippen LogP contribution >= 0.6 is 11.3 Å². The first-order valence-electron chi connectivity index (χ1n) is 10.2. The number of rotatable bonds is 8. The largest absolute Gasteiger partial charge is 0.462 e. The highest BCUT2D eigenvalue weighted by atomic mass is 32.1. The summed E-state index contributed by atoms with van der Waals surface area (Å²) in [5.41, 5.74) is 1.78. The predicted octanol–water partition coefficient (Wildman–Crippen LogP) is 3.36. The van der Waals surface area contributed by atoms with E-state index < -0.39 is 24.5 Å². The number of nitrogens with one attached hydrogen (secondary N) is 1. The van der Waals surface area contributed by atoms with Gasteiger partial charge in [-0.05, 0) is 41.1 Å². The molecular formula is C23H19N5O5S. The van der Waals surface area contributed by atoms with Gasteiger partial charge in [0.15, 0.2) is 6.61 Å². The van der Waals surface area contributed by atoms with E-state index in [9.17, 15) is 14.4 Å². The lowest BCUT2D eigenvalue weighted by Gasteiger charge is -2.09. The molecule has 0 radical (unpaired) electrons. The molecule has 2 aromatic heterocycles. The van der Waals surface area contributed by atoms with Crippen LogP contribution in [0.15, 0.2) is 67.0 Å². The lowest BCUT2D eigenvalue weighted by Crippen LogP contribution is -2.22. The summed E-state index contributed by atoms with van der Waals surface area (Å²) in [4.78, 5) is 38.6. The van der Waals surface area contributed by atoms with Gasteiger partial charge >= 0.3 is 11.9 Å². The van der Waals surface area contributed by atoms with Gasteiger partial charge in [-0.15, -0.1) is 16.4 Å². The molecular weight excluding hydrogens is 458 g/mol.